The van der Waals surface area contributed by atoms with Crippen LogP contribution in [0.4, 0.5) is 5.82 Å². The Morgan fingerprint density at radius 2 is 2.17 bits per heavy atom. The summed E-state index contributed by atoms with van der Waals surface area (Å²) in [4.78, 5) is 0. The first-order valence-corrected chi connectivity index (χ1v) is 3.62. The Balaban J connectivity index is 2.51. The Labute approximate surface area is 70.1 Å². The van der Waals surface area contributed by atoms with Crippen LogP contribution in [-0.2, 0) is 0 Å². The zero-order valence-corrected chi connectivity index (χ0v) is 6.51. The molecule has 0 saturated carbocycles. The maximum atomic E-state index is 8.72. The predicted octanol–water partition coefficient (Wildman–Crippen LogP) is -0.758. The molecule has 0 radical (unpaired) electrons. The first kappa shape index (κ1) is 8.89. The highest BCUT2D eigenvalue weighted by Gasteiger charge is 2.04. The molecule has 1 heterocycles. The van der Waals surface area contributed by atoms with Gasteiger partial charge in [0.1, 0.15) is 5.82 Å². The Morgan fingerprint density at radius 1 is 1.42 bits per heavy atom. The zero-order valence-electron chi connectivity index (χ0n) is 6.51. The molecular formula is C7H11N3O2. The zero-order chi connectivity index (χ0) is 8.81. The maximum absolute atomic E-state index is 8.72. The number of aliphatic hydroxyl groups excluding tert-OH is 2. The van der Waals surface area contributed by atoms with Gasteiger partial charge in [-0.15, -0.1) is 5.10 Å². The number of hydrogen-bond donors (Lipinski definition) is 3. The Morgan fingerprint density at radius 3 is 2.67 bits per heavy atom. The quantitative estimate of drug-likeness (QED) is 0.552. The number of anilines is 1. The highest BCUT2D eigenvalue weighted by Crippen LogP contribution is 1.99. The lowest BCUT2D eigenvalue weighted by atomic mass is 10.3. The van der Waals surface area contributed by atoms with Crippen LogP contribution >= 0.6 is 0 Å². The van der Waals surface area contributed by atoms with Crippen LogP contribution in [-0.4, -0.2) is 39.7 Å². The van der Waals surface area contributed by atoms with Crippen LogP contribution < -0.4 is 5.32 Å². The van der Waals surface area contributed by atoms with Gasteiger partial charge in [0.25, 0.3) is 0 Å². The fraction of sp³-hybridized carbons (Fsp3) is 0.429. The van der Waals surface area contributed by atoms with Gasteiger partial charge < -0.3 is 15.5 Å². The van der Waals surface area contributed by atoms with Gasteiger partial charge >= 0.3 is 0 Å². The van der Waals surface area contributed by atoms with E-state index in [-0.39, 0.29) is 19.3 Å². The van der Waals surface area contributed by atoms with Crippen molar-refractivity contribution in [1.82, 2.24) is 10.2 Å². The SMILES string of the molecule is OCC(CO)Nc1cccnn1. The molecule has 3 N–H and O–H groups in total. The van der Waals surface area contributed by atoms with Gasteiger partial charge in [-0.25, -0.2) is 0 Å². The molecule has 0 unspecified atom stereocenters. The number of nitrogens with one attached hydrogen (secondary N) is 1. The van der Waals surface area contributed by atoms with E-state index in [1.807, 2.05) is 0 Å². The van der Waals surface area contributed by atoms with E-state index in [9.17, 15) is 0 Å². The van der Waals surface area contributed by atoms with Gasteiger partial charge in [0.05, 0.1) is 19.3 Å². The summed E-state index contributed by atoms with van der Waals surface area (Å²) in [5.74, 6) is 0.547. The molecule has 5 nitrogen and oxygen atoms in total. The minimum atomic E-state index is -0.373. The Bertz CT molecular complexity index is 213. The summed E-state index contributed by atoms with van der Waals surface area (Å²) >= 11 is 0. The summed E-state index contributed by atoms with van der Waals surface area (Å²) in [5, 5.41) is 27.6. The molecule has 0 saturated heterocycles. The number of aromatic nitrogens is 2. The highest BCUT2D eigenvalue weighted by molar-refractivity contribution is 5.32. The van der Waals surface area contributed by atoms with Gasteiger partial charge in [0.15, 0.2) is 0 Å². The number of aliphatic hydroxyl groups is 2. The highest BCUT2D eigenvalue weighted by atomic mass is 16.3. The van der Waals surface area contributed by atoms with E-state index >= 15 is 0 Å². The third kappa shape index (κ3) is 2.44. The van der Waals surface area contributed by atoms with Crippen molar-refractivity contribution >= 4 is 5.82 Å². The van der Waals surface area contributed by atoms with Gasteiger partial charge in [0.2, 0.25) is 0 Å². The fourth-order valence-corrected chi connectivity index (χ4v) is 0.737. The molecule has 1 rings (SSSR count). The number of rotatable bonds is 4. The predicted molar refractivity (Wildman–Crippen MR) is 43.6 cm³/mol. The molecule has 0 atom stereocenters. The smallest absolute Gasteiger partial charge is 0.149 e. The fourth-order valence-electron chi connectivity index (χ4n) is 0.737. The van der Waals surface area contributed by atoms with Gasteiger partial charge in [-0.1, -0.05) is 0 Å². The van der Waals surface area contributed by atoms with E-state index in [4.69, 9.17) is 10.2 Å². The van der Waals surface area contributed by atoms with Crippen LogP contribution in [0.25, 0.3) is 0 Å². The summed E-state index contributed by atoms with van der Waals surface area (Å²) in [6.45, 7) is -0.264. The second kappa shape index (κ2) is 4.63. The Hall–Kier alpha value is -1.20. The molecule has 0 amide bonds. The molecule has 5 heteroatoms. The molecule has 0 aliphatic carbocycles. The van der Waals surface area contributed by atoms with E-state index in [0.717, 1.165) is 0 Å². The summed E-state index contributed by atoms with van der Waals surface area (Å²) in [6, 6.07) is 3.06. The van der Waals surface area contributed by atoms with Crippen molar-refractivity contribution in [2.24, 2.45) is 0 Å². The number of nitrogens with zero attached hydrogens (tertiary/aromatic N) is 2. The monoisotopic (exact) mass is 169 g/mol. The van der Waals surface area contributed by atoms with E-state index in [0.29, 0.717) is 5.82 Å². The summed E-state index contributed by atoms with van der Waals surface area (Å²) < 4.78 is 0. The van der Waals surface area contributed by atoms with Crippen LogP contribution in [0.3, 0.4) is 0 Å². The molecule has 0 spiro atoms. The molecular weight excluding hydrogens is 158 g/mol. The molecule has 0 aliphatic rings. The largest absolute Gasteiger partial charge is 0.394 e. The van der Waals surface area contributed by atoms with Gasteiger partial charge in [-0.05, 0) is 12.1 Å². The number of hydrogen-bond acceptors (Lipinski definition) is 5. The average molecular weight is 169 g/mol. The third-order valence-corrected chi connectivity index (χ3v) is 1.37. The van der Waals surface area contributed by atoms with Crippen molar-refractivity contribution in [2.45, 2.75) is 6.04 Å². The third-order valence-electron chi connectivity index (χ3n) is 1.37. The van der Waals surface area contributed by atoms with Crippen LogP contribution in [0.2, 0.25) is 0 Å². The van der Waals surface area contributed by atoms with Crippen molar-refractivity contribution in [3.63, 3.8) is 0 Å². The van der Waals surface area contributed by atoms with Gasteiger partial charge in [-0.3, -0.25) is 0 Å². The molecule has 0 fully saturated rings. The first-order chi connectivity index (χ1) is 5.86. The second-order valence-corrected chi connectivity index (χ2v) is 2.32. The Kier molecular flexibility index (Phi) is 3.43. The van der Waals surface area contributed by atoms with E-state index in [1.165, 1.54) is 0 Å². The molecule has 12 heavy (non-hydrogen) atoms. The first-order valence-electron chi connectivity index (χ1n) is 3.62. The van der Waals surface area contributed by atoms with Crippen LogP contribution in [0.1, 0.15) is 0 Å². The van der Waals surface area contributed by atoms with E-state index in [1.54, 1.807) is 18.3 Å². The summed E-state index contributed by atoms with van der Waals surface area (Å²) in [5.41, 5.74) is 0. The van der Waals surface area contributed by atoms with Gasteiger partial charge in [0, 0.05) is 6.20 Å². The standard InChI is InChI=1S/C7H11N3O2/c11-4-6(5-12)9-7-2-1-3-8-10-7/h1-3,6,11-12H,4-5H2,(H,9,10). The summed E-state index contributed by atoms with van der Waals surface area (Å²) in [7, 11) is 0. The van der Waals surface area contributed by atoms with Crippen LogP contribution in [0.5, 0.6) is 0 Å². The van der Waals surface area contributed by atoms with Crippen molar-refractivity contribution in [1.29, 1.82) is 0 Å². The summed E-state index contributed by atoms with van der Waals surface area (Å²) in [6.07, 6.45) is 1.55. The maximum Gasteiger partial charge on any atom is 0.149 e. The topological polar surface area (TPSA) is 78.3 Å². The van der Waals surface area contributed by atoms with Crippen LogP contribution in [0, 0.1) is 0 Å². The van der Waals surface area contributed by atoms with Crippen LogP contribution in [0.15, 0.2) is 18.3 Å². The van der Waals surface area contributed by atoms with Crippen molar-refractivity contribution in [2.75, 3.05) is 18.5 Å². The minimum absolute atomic E-state index is 0.132. The van der Waals surface area contributed by atoms with E-state index < -0.39 is 0 Å². The molecule has 0 bridgehead atoms. The molecule has 66 valence electrons. The molecule has 0 aliphatic heterocycles. The second-order valence-electron chi connectivity index (χ2n) is 2.32. The van der Waals surface area contributed by atoms with Gasteiger partial charge in [-0.2, -0.15) is 5.10 Å². The van der Waals surface area contributed by atoms with Crippen molar-refractivity contribution in [3.8, 4) is 0 Å². The van der Waals surface area contributed by atoms with Crippen molar-refractivity contribution in [3.05, 3.63) is 18.3 Å². The average Bonchev–Trinajstić information content (AvgIpc) is 2.16. The normalized spacial score (nSPS) is 10.2. The van der Waals surface area contributed by atoms with E-state index in [2.05, 4.69) is 15.5 Å². The lowest BCUT2D eigenvalue weighted by molar-refractivity contribution is 0.203. The molecule has 1 aromatic heterocycles. The molecule has 1 aromatic rings. The van der Waals surface area contributed by atoms with Crippen molar-refractivity contribution < 1.29 is 10.2 Å². The molecule has 0 aromatic carbocycles. The lowest BCUT2D eigenvalue weighted by Crippen LogP contribution is -2.28. The minimum Gasteiger partial charge on any atom is -0.394 e. The lowest BCUT2D eigenvalue weighted by Gasteiger charge is -2.12.